The number of aromatic nitrogens is 2. The Bertz CT molecular complexity index is 1220. The average molecular weight is 415 g/mol. The molecule has 2 atom stereocenters. The lowest BCUT2D eigenvalue weighted by Crippen LogP contribution is -2.47. The van der Waals surface area contributed by atoms with Gasteiger partial charge in [0, 0.05) is 22.3 Å². The first kappa shape index (κ1) is 20.6. The number of nitrogens with zero attached hydrogens (tertiary/aromatic N) is 1. The molecular formula is C25H26N4O2. The first-order valence-corrected chi connectivity index (χ1v) is 10.5. The van der Waals surface area contributed by atoms with Crippen LogP contribution in [0, 0.1) is 0 Å². The van der Waals surface area contributed by atoms with Gasteiger partial charge in [-0.15, -0.1) is 0 Å². The maximum Gasteiger partial charge on any atom is 0.270 e. The minimum Gasteiger partial charge on any atom is -0.353 e. The smallest absolute Gasteiger partial charge is 0.270 e. The summed E-state index contributed by atoms with van der Waals surface area (Å²) in [5.41, 5.74) is 3.39. The number of amides is 2. The quantitative estimate of drug-likeness (QED) is 0.428. The molecule has 0 aliphatic rings. The number of aryl methyl sites for hydroxylation is 1. The van der Waals surface area contributed by atoms with Gasteiger partial charge in [0.05, 0.1) is 11.7 Å². The van der Waals surface area contributed by atoms with Crippen molar-refractivity contribution >= 4 is 33.6 Å². The van der Waals surface area contributed by atoms with E-state index in [0.29, 0.717) is 0 Å². The molecule has 4 aromatic rings. The van der Waals surface area contributed by atoms with Gasteiger partial charge in [-0.2, -0.15) is 0 Å². The summed E-state index contributed by atoms with van der Waals surface area (Å²) in [6.07, 6.45) is 3.37. The number of nitrogens with one attached hydrogen (secondary N) is 3. The van der Waals surface area contributed by atoms with Crippen LogP contribution in [0.2, 0.25) is 0 Å². The molecule has 0 bridgehead atoms. The van der Waals surface area contributed by atoms with Crippen molar-refractivity contribution in [1.82, 2.24) is 20.6 Å². The van der Waals surface area contributed by atoms with Gasteiger partial charge in [0.15, 0.2) is 0 Å². The number of fused-ring (bicyclic) bond motifs is 3. The van der Waals surface area contributed by atoms with Crippen LogP contribution in [0.3, 0.4) is 0 Å². The summed E-state index contributed by atoms with van der Waals surface area (Å²) in [4.78, 5) is 32.8. The molecule has 31 heavy (non-hydrogen) atoms. The van der Waals surface area contributed by atoms with E-state index in [2.05, 4.69) is 32.7 Å². The van der Waals surface area contributed by atoms with Gasteiger partial charge < -0.3 is 15.6 Å². The molecule has 0 aliphatic carbocycles. The Balaban J connectivity index is 1.36. The topological polar surface area (TPSA) is 86.9 Å². The highest BCUT2D eigenvalue weighted by atomic mass is 16.2. The molecule has 6 nitrogen and oxygen atoms in total. The molecule has 0 fully saturated rings. The Morgan fingerprint density at radius 2 is 1.68 bits per heavy atom. The Labute approximate surface area is 181 Å². The van der Waals surface area contributed by atoms with Crippen LogP contribution in [0.25, 0.3) is 21.8 Å². The van der Waals surface area contributed by atoms with Crippen molar-refractivity contribution in [3.63, 3.8) is 0 Å². The van der Waals surface area contributed by atoms with Gasteiger partial charge in [-0.1, -0.05) is 48.5 Å². The summed E-state index contributed by atoms with van der Waals surface area (Å²) in [6, 6.07) is 19.2. The number of benzene rings is 2. The van der Waals surface area contributed by atoms with Gasteiger partial charge in [-0.05, 0) is 44.4 Å². The molecule has 2 heterocycles. The molecule has 0 saturated heterocycles. The highest BCUT2D eigenvalue weighted by molar-refractivity contribution is 6.09. The average Bonchev–Trinajstić information content (AvgIpc) is 3.16. The van der Waals surface area contributed by atoms with Crippen molar-refractivity contribution in [2.24, 2.45) is 0 Å². The third-order valence-corrected chi connectivity index (χ3v) is 5.46. The normalized spacial score (nSPS) is 13.1. The highest BCUT2D eigenvalue weighted by Crippen LogP contribution is 2.24. The second-order valence-electron chi connectivity index (χ2n) is 7.91. The largest absolute Gasteiger partial charge is 0.353 e. The molecule has 2 unspecified atom stereocenters. The van der Waals surface area contributed by atoms with Crippen LogP contribution in [-0.4, -0.2) is 33.9 Å². The lowest BCUT2D eigenvalue weighted by Gasteiger charge is -2.18. The number of para-hydroxylation sites is 1. The number of H-pyrrole nitrogens is 1. The van der Waals surface area contributed by atoms with E-state index in [1.54, 1.807) is 19.2 Å². The number of carbonyl (C=O) groups excluding carboxylic acids is 2. The Morgan fingerprint density at radius 3 is 2.48 bits per heavy atom. The molecule has 0 saturated carbocycles. The number of rotatable bonds is 7. The van der Waals surface area contributed by atoms with Crippen molar-refractivity contribution in [3.05, 3.63) is 78.1 Å². The van der Waals surface area contributed by atoms with E-state index in [0.717, 1.165) is 34.6 Å². The standard InChI is InChI=1S/C25H26N4O2/c1-16(12-13-18-8-4-3-5-9-18)27-24(30)17(2)28-25(31)22-14-20-19-10-6-7-11-21(19)29-23(20)15-26-22/h3-11,14-17,29H,12-13H2,1-2H3,(H,27,30)(H,28,31). The van der Waals surface area contributed by atoms with Crippen LogP contribution in [-0.2, 0) is 11.2 Å². The zero-order valence-electron chi connectivity index (χ0n) is 17.7. The van der Waals surface area contributed by atoms with E-state index in [1.165, 1.54) is 5.56 Å². The van der Waals surface area contributed by atoms with Gasteiger partial charge in [0.2, 0.25) is 5.91 Å². The predicted molar refractivity (Wildman–Crippen MR) is 123 cm³/mol. The van der Waals surface area contributed by atoms with E-state index in [-0.39, 0.29) is 23.6 Å². The van der Waals surface area contributed by atoms with Crippen molar-refractivity contribution in [2.75, 3.05) is 0 Å². The molecule has 6 heteroatoms. The Hall–Kier alpha value is -3.67. The second kappa shape index (κ2) is 9.00. The first-order valence-electron chi connectivity index (χ1n) is 10.5. The third-order valence-electron chi connectivity index (χ3n) is 5.46. The third kappa shape index (κ3) is 4.74. The monoisotopic (exact) mass is 414 g/mol. The van der Waals surface area contributed by atoms with E-state index in [1.807, 2.05) is 49.4 Å². The van der Waals surface area contributed by atoms with Crippen molar-refractivity contribution in [2.45, 2.75) is 38.8 Å². The molecule has 4 rings (SSSR count). The number of hydrogen-bond acceptors (Lipinski definition) is 3. The van der Waals surface area contributed by atoms with Gasteiger partial charge in [0.25, 0.3) is 5.91 Å². The summed E-state index contributed by atoms with van der Waals surface area (Å²) >= 11 is 0. The van der Waals surface area contributed by atoms with E-state index in [4.69, 9.17) is 0 Å². The van der Waals surface area contributed by atoms with Crippen molar-refractivity contribution < 1.29 is 9.59 Å². The highest BCUT2D eigenvalue weighted by Gasteiger charge is 2.19. The number of hydrogen-bond donors (Lipinski definition) is 3. The molecule has 0 aliphatic heterocycles. The van der Waals surface area contributed by atoms with Crippen LogP contribution in [0.5, 0.6) is 0 Å². The molecular weight excluding hydrogens is 388 g/mol. The summed E-state index contributed by atoms with van der Waals surface area (Å²) in [6.45, 7) is 3.66. The van der Waals surface area contributed by atoms with Crippen LogP contribution in [0.4, 0.5) is 0 Å². The molecule has 0 spiro atoms. The van der Waals surface area contributed by atoms with Gasteiger partial charge in [0.1, 0.15) is 11.7 Å². The molecule has 3 N–H and O–H groups in total. The first-order chi connectivity index (χ1) is 15.0. The molecule has 2 amide bonds. The van der Waals surface area contributed by atoms with E-state index in [9.17, 15) is 9.59 Å². The fourth-order valence-electron chi connectivity index (χ4n) is 3.68. The Morgan fingerprint density at radius 1 is 0.935 bits per heavy atom. The zero-order chi connectivity index (χ0) is 21.8. The minimum absolute atomic E-state index is 0.00718. The molecule has 2 aromatic heterocycles. The lowest BCUT2D eigenvalue weighted by atomic mass is 10.1. The minimum atomic E-state index is -0.660. The van der Waals surface area contributed by atoms with Crippen LogP contribution in [0.1, 0.15) is 36.3 Å². The maximum atomic E-state index is 12.7. The summed E-state index contributed by atoms with van der Waals surface area (Å²) in [5, 5.41) is 7.70. The maximum absolute atomic E-state index is 12.7. The van der Waals surface area contributed by atoms with Gasteiger partial charge >= 0.3 is 0 Å². The summed E-state index contributed by atoms with van der Waals surface area (Å²) in [7, 11) is 0. The summed E-state index contributed by atoms with van der Waals surface area (Å²) in [5.74, 6) is -0.575. The number of pyridine rings is 1. The second-order valence-corrected chi connectivity index (χ2v) is 7.91. The molecule has 158 valence electrons. The summed E-state index contributed by atoms with van der Waals surface area (Å²) < 4.78 is 0. The zero-order valence-corrected chi connectivity index (χ0v) is 17.7. The van der Waals surface area contributed by atoms with E-state index >= 15 is 0 Å². The van der Waals surface area contributed by atoms with Crippen molar-refractivity contribution in [3.8, 4) is 0 Å². The van der Waals surface area contributed by atoms with Crippen LogP contribution < -0.4 is 10.6 Å². The number of carbonyl (C=O) groups is 2. The van der Waals surface area contributed by atoms with Gasteiger partial charge in [-0.3, -0.25) is 9.59 Å². The van der Waals surface area contributed by atoms with Crippen LogP contribution in [0.15, 0.2) is 66.9 Å². The fraction of sp³-hybridized carbons (Fsp3) is 0.240. The molecule has 2 aromatic carbocycles. The Kier molecular flexibility index (Phi) is 5.98. The fourth-order valence-corrected chi connectivity index (χ4v) is 3.68. The molecule has 0 radical (unpaired) electrons. The van der Waals surface area contributed by atoms with E-state index < -0.39 is 6.04 Å². The lowest BCUT2D eigenvalue weighted by molar-refractivity contribution is -0.123. The number of aromatic amines is 1. The SMILES string of the molecule is CC(CCc1ccccc1)NC(=O)C(C)NC(=O)c1cc2c(cn1)[nH]c1ccccc12. The van der Waals surface area contributed by atoms with Gasteiger partial charge in [-0.25, -0.2) is 4.98 Å². The van der Waals surface area contributed by atoms with Crippen molar-refractivity contribution in [1.29, 1.82) is 0 Å². The predicted octanol–water partition coefficient (Wildman–Crippen LogP) is 3.97. The van der Waals surface area contributed by atoms with Crippen LogP contribution >= 0.6 is 0 Å².